The molecule has 0 bridgehead atoms. The van der Waals surface area contributed by atoms with Gasteiger partial charge in [-0.15, -0.1) is 0 Å². The van der Waals surface area contributed by atoms with Crippen LogP contribution in [-0.2, 0) is 11.0 Å². The molecule has 1 aromatic heterocycles. The second-order valence-corrected chi connectivity index (χ2v) is 11.9. The van der Waals surface area contributed by atoms with E-state index >= 15 is 0 Å². The molecule has 1 heterocycles. The van der Waals surface area contributed by atoms with Crippen LogP contribution in [0.3, 0.4) is 0 Å². The third-order valence-corrected chi connectivity index (χ3v) is 9.90. The first-order chi connectivity index (χ1) is 12.7. The van der Waals surface area contributed by atoms with Gasteiger partial charge >= 0.3 is 5.97 Å². The van der Waals surface area contributed by atoms with Gasteiger partial charge in [0.05, 0.1) is 18.2 Å². The van der Waals surface area contributed by atoms with Gasteiger partial charge in [0.1, 0.15) is 0 Å². The molecule has 0 radical (unpaired) electrons. The van der Waals surface area contributed by atoms with Gasteiger partial charge in [-0.3, -0.25) is 4.98 Å². The van der Waals surface area contributed by atoms with Gasteiger partial charge < -0.3 is 9.67 Å². The molecule has 27 heavy (non-hydrogen) atoms. The van der Waals surface area contributed by atoms with Crippen molar-refractivity contribution in [2.24, 2.45) is 0 Å². The van der Waals surface area contributed by atoms with Crippen LogP contribution in [0.4, 0.5) is 0 Å². The Morgan fingerprint density at radius 2 is 1.70 bits per heavy atom. The summed E-state index contributed by atoms with van der Waals surface area (Å²) < 4.78 is 13.9. The summed E-state index contributed by atoms with van der Waals surface area (Å²) in [6.07, 6.45) is 6.05. The Hall–Kier alpha value is -1.67. The number of carboxylic acid groups (broad SMARTS) is 1. The van der Waals surface area contributed by atoms with E-state index in [1.165, 1.54) is 0 Å². The fourth-order valence-corrected chi connectivity index (χ4v) is 7.17. The summed E-state index contributed by atoms with van der Waals surface area (Å²) >= 11 is 0. The first-order valence-corrected chi connectivity index (χ1v) is 12.0. The first kappa shape index (κ1) is 21.6. The van der Waals surface area contributed by atoms with Crippen LogP contribution in [0, 0.1) is 0 Å². The highest BCUT2D eigenvalue weighted by Gasteiger charge is 2.39. The normalized spacial score (nSPS) is 12.4. The van der Waals surface area contributed by atoms with Crippen molar-refractivity contribution in [1.29, 1.82) is 0 Å². The number of fused-ring (bicyclic) bond motifs is 1. The summed E-state index contributed by atoms with van der Waals surface area (Å²) in [6, 6.07) is 8.98. The maximum Gasteiger partial charge on any atom is 0.336 e. The molecule has 4 nitrogen and oxygen atoms in total. The SMILES string of the molecule is CCCCP(=O)(CCCC)C(C)(C)Cc1cc(C(=O)O)c2ccccc2n1. The number of aromatic carboxylic acids is 1. The zero-order valence-corrected chi connectivity index (χ0v) is 17.9. The topological polar surface area (TPSA) is 67.3 Å². The Morgan fingerprint density at radius 1 is 1.11 bits per heavy atom. The molecule has 2 aromatic rings. The second-order valence-electron chi connectivity index (χ2n) is 8.02. The lowest BCUT2D eigenvalue weighted by atomic mass is 10.0. The maximum atomic E-state index is 13.9. The summed E-state index contributed by atoms with van der Waals surface area (Å²) in [5.74, 6) is -0.951. The van der Waals surface area contributed by atoms with Gasteiger partial charge in [0, 0.05) is 35.0 Å². The lowest BCUT2D eigenvalue weighted by molar-refractivity contribution is 0.0698. The summed E-state index contributed by atoms with van der Waals surface area (Å²) in [5.41, 5.74) is 1.66. The number of aromatic nitrogens is 1. The average molecular weight is 389 g/mol. The smallest absolute Gasteiger partial charge is 0.336 e. The van der Waals surface area contributed by atoms with Crippen LogP contribution in [0.1, 0.15) is 69.4 Å². The molecule has 148 valence electrons. The van der Waals surface area contributed by atoms with Crippen molar-refractivity contribution in [2.75, 3.05) is 12.3 Å². The van der Waals surface area contributed by atoms with Crippen LogP contribution < -0.4 is 0 Å². The average Bonchev–Trinajstić information content (AvgIpc) is 2.63. The van der Waals surface area contributed by atoms with Gasteiger partial charge in [-0.05, 0) is 25.0 Å². The number of hydrogen-bond donors (Lipinski definition) is 1. The molecule has 0 spiro atoms. The summed E-state index contributed by atoms with van der Waals surface area (Å²) in [6.45, 7) is 8.38. The van der Waals surface area contributed by atoms with Crippen molar-refractivity contribution < 1.29 is 14.5 Å². The molecule has 5 heteroatoms. The van der Waals surface area contributed by atoms with E-state index in [0.29, 0.717) is 23.0 Å². The van der Waals surface area contributed by atoms with E-state index in [2.05, 4.69) is 27.7 Å². The van der Waals surface area contributed by atoms with E-state index in [9.17, 15) is 14.5 Å². The first-order valence-electron chi connectivity index (χ1n) is 9.94. The lowest BCUT2D eigenvalue weighted by Gasteiger charge is -2.35. The van der Waals surface area contributed by atoms with Crippen LogP contribution in [-0.4, -0.2) is 33.5 Å². The molecular formula is C22H32NO3P. The van der Waals surface area contributed by atoms with Crippen molar-refractivity contribution >= 4 is 24.0 Å². The largest absolute Gasteiger partial charge is 0.478 e. The van der Waals surface area contributed by atoms with Crippen LogP contribution >= 0.6 is 7.14 Å². The van der Waals surface area contributed by atoms with Gasteiger partial charge in [0.25, 0.3) is 0 Å². The number of pyridine rings is 1. The van der Waals surface area contributed by atoms with Crippen molar-refractivity contribution in [2.45, 2.75) is 65.0 Å². The van der Waals surface area contributed by atoms with Gasteiger partial charge in [-0.25, -0.2) is 4.79 Å². The van der Waals surface area contributed by atoms with Crippen molar-refractivity contribution in [1.82, 2.24) is 4.98 Å². The highest BCUT2D eigenvalue weighted by molar-refractivity contribution is 7.65. The standard InChI is InChI=1S/C22H32NO3P/c1-5-7-13-27(26,14-8-6-2)22(3,4)16-17-15-19(21(24)25)18-11-9-10-12-20(18)23-17/h9-12,15H,5-8,13-14,16H2,1-4H3,(H,24,25). The number of carboxylic acids is 1. The minimum atomic E-state index is -2.41. The van der Waals surface area contributed by atoms with Crippen molar-refractivity contribution in [3.05, 3.63) is 41.6 Å². The fraction of sp³-hybridized carbons (Fsp3) is 0.545. The summed E-state index contributed by atoms with van der Waals surface area (Å²) in [5, 5.41) is 9.86. The molecule has 1 N–H and O–H groups in total. The van der Waals surface area contributed by atoms with E-state index in [1.54, 1.807) is 12.1 Å². The molecule has 0 saturated carbocycles. The third kappa shape index (κ3) is 4.99. The number of carbonyl (C=O) groups is 1. The quantitative estimate of drug-likeness (QED) is 0.490. The Morgan fingerprint density at radius 3 is 2.26 bits per heavy atom. The minimum absolute atomic E-state index is 0.267. The van der Waals surface area contributed by atoms with Crippen molar-refractivity contribution in [3.8, 4) is 0 Å². The van der Waals surface area contributed by atoms with E-state index in [1.807, 2.05) is 18.2 Å². The molecule has 0 aliphatic rings. The highest BCUT2D eigenvalue weighted by atomic mass is 31.2. The van der Waals surface area contributed by atoms with Crippen LogP contribution in [0.15, 0.2) is 30.3 Å². The van der Waals surface area contributed by atoms with E-state index in [-0.39, 0.29) is 5.56 Å². The number of hydrogen-bond acceptors (Lipinski definition) is 3. The zero-order valence-electron chi connectivity index (χ0n) is 17.0. The van der Waals surface area contributed by atoms with E-state index in [0.717, 1.165) is 38.0 Å². The molecule has 0 aliphatic heterocycles. The summed E-state index contributed by atoms with van der Waals surface area (Å²) in [7, 11) is -2.41. The molecule has 0 aliphatic carbocycles. The lowest BCUT2D eigenvalue weighted by Crippen LogP contribution is -2.27. The molecule has 0 atom stereocenters. The second kappa shape index (κ2) is 9.01. The van der Waals surface area contributed by atoms with E-state index in [4.69, 9.17) is 4.98 Å². The third-order valence-electron chi connectivity index (χ3n) is 5.46. The minimum Gasteiger partial charge on any atom is -0.478 e. The number of nitrogens with zero attached hydrogens (tertiary/aromatic N) is 1. The molecular weight excluding hydrogens is 357 g/mol. The molecule has 0 fully saturated rings. The Bertz CT molecular complexity index is 833. The highest BCUT2D eigenvalue weighted by Crippen LogP contribution is 2.60. The van der Waals surface area contributed by atoms with Gasteiger partial charge in [-0.1, -0.05) is 58.7 Å². The Kier molecular flexibility index (Phi) is 7.22. The Balaban J connectivity index is 2.42. The zero-order chi connectivity index (χ0) is 20.1. The summed E-state index contributed by atoms with van der Waals surface area (Å²) in [4.78, 5) is 16.4. The maximum absolute atomic E-state index is 13.9. The molecule has 1 aromatic carbocycles. The number of rotatable bonds is 10. The fourth-order valence-electron chi connectivity index (χ4n) is 3.63. The van der Waals surface area contributed by atoms with Crippen LogP contribution in [0.25, 0.3) is 10.9 Å². The number of unbranched alkanes of at least 4 members (excludes halogenated alkanes) is 2. The van der Waals surface area contributed by atoms with Gasteiger partial charge in [0.2, 0.25) is 0 Å². The van der Waals surface area contributed by atoms with Crippen LogP contribution in [0.2, 0.25) is 0 Å². The number of benzene rings is 1. The number of para-hydroxylation sites is 1. The van der Waals surface area contributed by atoms with Gasteiger partial charge in [-0.2, -0.15) is 0 Å². The molecule has 0 amide bonds. The predicted molar refractivity (Wildman–Crippen MR) is 114 cm³/mol. The molecule has 2 rings (SSSR count). The van der Waals surface area contributed by atoms with Crippen LogP contribution in [0.5, 0.6) is 0 Å². The Labute approximate surface area is 162 Å². The monoisotopic (exact) mass is 389 g/mol. The predicted octanol–water partition coefficient (Wildman–Crippen LogP) is 6.22. The molecule has 0 unspecified atom stereocenters. The van der Waals surface area contributed by atoms with Crippen molar-refractivity contribution in [3.63, 3.8) is 0 Å². The molecule has 0 saturated heterocycles. The van der Waals surface area contributed by atoms with Gasteiger partial charge in [0.15, 0.2) is 0 Å². The van der Waals surface area contributed by atoms with E-state index < -0.39 is 18.3 Å².